The summed E-state index contributed by atoms with van der Waals surface area (Å²) in [7, 11) is 0. The zero-order valence-corrected chi connectivity index (χ0v) is 16.6. The van der Waals surface area contributed by atoms with Crippen molar-refractivity contribution in [3.8, 4) is 6.07 Å². The Balaban J connectivity index is 1.68. The van der Waals surface area contributed by atoms with E-state index in [0.29, 0.717) is 21.4 Å². The number of rotatable bonds is 6. The summed E-state index contributed by atoms with van der Waals surface area (Å²) < 4.78 is 39.9. The fraction of sp³-hybridized carbons (Fsp3) is 0.0455. The van der Waals surface area contributed by atoms with Gasteiger partial charge in [0.25, 0.3) is 5.91 Å². The van der Waals surface area contributed by atoms with Gasteiger partial charge in [0.15, 0.2) is 17.5 Å². The molecule has 3 rings (SSSR count). The van der Waals surface area contributed by atoms with Crippen LogP contribution in [0.3, 0.4) is 0 Å². The molecule has 156 valence electrons. The van der Waals surface area contributed by atoms with E-state index in [1.165, 1.54) is 11.8 Å². The lowest BCUT2D eigenvalue weighted by atomic mass is 10.2. The Bertz CT molecular complexity index is 1190. The van der Waals surface area contributed by atoms with E-state index < -0.39 is 41.5 Å². The molecule has 0 spiro atoms. The van der Waals surface area contributed by atoms with E-state index in [1.54, 1.807) is 48.5 Å². The van der Waals surface area contributed by atoms with Crippen molar-refractivity contribution < 1.29 is 22.8 Å². The first kappa shape index (κ1) is 21.9. The highest BCUT2D eigenvalue weighted by atomic mass is 32.2. The predicted molar refractivity (Wildman–Crippen MR) is 109 cm³/mol. The second-order valence-corrected chi connectivity index (χ2v) is 7.24. The number of hydrogen-bond acceptors (Lipinski definition) is 4. The van der Waals surface area contributed by atoms with E-state index in [4.69, 9.17) is 0 Å². The summed E-state index contributed by atoms with van der Waals surface area (Å²) in [6, 6.07) is 17.2. The Morgan fingerprint density at radius 3 is 2.32 bits per heavy atom. The summed E-state index contributed by atoms with van der Waals surface area (Å²) in [6.45, 7) is -0.523. The van der Waals surface area contributed by atoms with E-state index >= 15 is 0 Å². The van der Waals surface area contributed by atoms with Crippen molar-refractivity contribution >= 4 is 29.3 Å². The third-order valence-corrected chi connectivity index (χ3v) is 5.23. The van der Waals surface area contributed by atoms with Crippen LogP contribution in [0.15, 0.2) is 70.5 Å². The summed E-state index contributed by atoms with van der Waals surface area (Å²) >= 11 is 1.22. The Hall–Kier alpha value is -3.77. The topological polar surface area (TPSA) is 82.0 Å². The quantitative estimate of drug-likeness (QED) is 0.552. The van der Waals surface area contributed by atoms with E-state index in [2.05, 4.69) is 16.7 Å². The van der Waals surface area contributed by atoms with Crippen LogP contribution in [0, 0.1) is 28.8 Å². The molecule has 2 amide bonds. The molecule has 3 aromatic carbocycles. The maximum Gasteiger partial charge on any atom is 0.252 e. The molecule has 0 aliphatic rings. The number of carbonyl (C=O) groups is 2. The minimum Gasteiger partial charge on any atom is -0.343 e. The first-order valence-electron chi connectivity index (χ1n) is 8.88. The SMILES string of the molecule is N#Cc1ccccc1Sc1ccccc1C(=O)NCC(=O)Nc1ccc(F)c(F)c1F. The largest absolute Gasteiger partial charge is 0.343 e. The molecule has 5 nitrogen and oxygen atoms in total. The van der Waals surface area contributed by atoms with Crippen molar-refractivity contribution in [2.45, 2.75) is 9.79 Å². The van der Waals surface area contributed by atoms with Crippen LogP contribution in [0.5, 0.6) is 0 Å². The van der Waals surface area contributed by atoms with E-state index in [-0.39, 0.29) is 5.56 Å². The lowest BCUT2D eigenvalue weighted by Crippen LogP contribution is -2.33. The highest BCUT2D eigenvalue weighted by Gasteiger charge is 2.17. The fourth-order valence-corrected chi connectivity index (χ4v) is 3.61. The maximum absolute atomic E-state index is 13.7. The molecule has 31 heavy (non-hydrogen) atoms. The molecule has 0 aliphatic carbocycles. The number of hydrogen-bond donors (Lipinski definition) is 2. The molecule has 0 aliphatic heterocycles. The van der Waals surface area contributed by atoms with Crippen LogP contribution in [-0.4, -0.2) is 18.4 Å². The zero-order chi connectivity index (χ0) is 22.4. The highest BCUT2D eigenvalue weighted by Crippen LogP contribution is 2.32. The smallest absolute Gasteiger partial charge is 0.252 e. The second-order valence-electron chi connectivity index (χ2n) is 6.16. The zero-order valence-electron chi connectivity index (χ0n) is 15.8. The molecule has 3 aromatic rings. The molecule has 0 aromatic heterocycles. The second kappa shape index (κ2) is 9.82. The molecule has 0 bridgehead atoms. The third-order valence-electron chi connectivity index (χ3n) is 4.08. The summed E-state index contributed by atoms with van der Waals surface area (Å²) in [5, 5.41) is 13.7. The molecule has 0 atom stereocenters. The van der Waals surface area contributed by atoms with Crippen LogP contribution in [-0.2, 0) is 4.79 Å². The molecule has 0 fully saturated rings. The van der Waals surface area contributed by atoms with Crippen molar-refractivity contribution in [2.75, 3.05) is 11.9 Å². The van der Waals surface area contributed by atoms with Crippen molar-refractivity contribution in [1.82, 2.24) is 5.32 Å². The number of anilines is 1. The van der Waals surface area contributed by atoms with Gasteiger partial charge in [-0.3, -0.25) is 9.59 Å². The molecule has 9 heteroatoms. The molecular weight excluding hydrogens is 427 g/mol. The Labute approximate surface area is 179 Å². The number of amides is 2. The van der Waals surface area contributed by atoms with Crippen molar-refractivity contribution in [3.63, 3.8) is 0 Å². The molecular formula is C22H14F3N3O2S. The van der Waals surface area contributed by atoms with Gasteiger partial charge in [-0.15, -0.1) is 0 Å². The van der Waals surface area contributed by atoms with Gasteiger partial charge < -0.3 is 10.6 Å². The van der Waals surface area contributed by atoms with Gasteiger partial charge >= 0.3 is 0 Å². The minimum absolute atomic E-state index is 0.270. The first-order chi connectivity index (χ1) is 14.9. The Morgan fingerprint density at radius 1 is 0.903 bits per heavy atom. The molecule has 0 heterocycles. The van der Waals surface area contributed by atoms with Crippen LogP contribution in [0.1, 0.15) is 15.9 Å². The molecule has 0 radical (unpaired) electrons. The summed E-state index contributed by atoms with van der Waals surface area (Å²) in [6.07, 6.45) is 0. The number of nitrogens with one attached hydrogen (secondary N) is 2. The Kier molecular flexibility index (Phi) is 6.95. The van der Waals surface area contributed by atoms with Gasteiger partial charge in [0.2, 0.25) is 5.91 Å². The molecule has 0 saturated heterocycles. The van der Waals surface area contributed by atoms with Crippen LogP contribution in [0.4, 0.5) is 18.9 Å². The minimum atomic E-state index is -1.70. The predicted octanol–water partition coefficient (Wildman–Crippen LogP) is 4.50. The first-order valence-corrected chi connectivity index (χ1v) is 9.70. The summed E-state index contributed by atoms with van der Waals surface area (Å²) in [5.41, 5.74) is 0.185. The summed E-state index contributed by atoms with van der Waals surface area (Å²) in [5.74, 6) is -6.00. The number of nitriles is 1. The van der Waals surface area contributed by atoms with Gasteiger partial charge in [-0.2, -0.15) is 5.26 Å². The van der Waals surface area contributed by atoms with Crippen LogP contribution < -0.4 is 10.6 Å². The third kappa shape index (κ3) is 5.24. The van der Waals surface area contributed by atoms with E-state index in [0.717, 1.165) is 6.07 Å². The van der Waals surface area contributed by atoms with Crippen molar-refractivity contribution in [1.29, 1.82) is 5.26 Å². The van der Waals surface area contributed by atoms with Crippen LogP contribution in [0.25, 0.3) is 0 Å². The monoisotopic (exact) mass is 441 g/mol. The van der Waals surface area contributed by atoms with Crippen molar-refractivity contribution in [3.05, 3.63) is 89.2 Å². The van der Waals surface area contributed by atoms with Crippen LogP contribution in [0.2, 0.25) is 0 Å². The number of benzene rings is 3. The summed E-state index contributed by atoms with van der Waals surface area (Å²) in [4.78, 5) is 25.8. The van der Waals surface area contributed by atoms with Crippen molar-refractivity contribution in [2.24, 2.45) is 0 Å². The highest BCUT2D eigenvalue weighted by molar-refractivity contribution is 7.99. The Morgan fingerprint density at radius 2 is 1.58 bits per heavy atom. The van der Waals surface area contributed by atoms with E-state index in [9.17, 15) is 28.0 Å². The average molecular weight is 441 g/mol. The average Bonchev–Trinajstić information content (AvgIpc) is 2.78. The van der Waals surface area contributed by atoms with Gasteiger partial charge in [-0.1, -0.05) is 36.0 Å². The number of halogens is 3. The number of carbonyl (C=O) groups excluding carboxylic acids is 2. The molecule has 0 unspecified atom stereocenters. The molecule has 2 N–H and O–H groups in total. The van der Waals surface area contributed by atoms with E-state index in [1.807, 2.05) is 0 Å². The lowest BCUT2D eigenvalue weighted by Gasteiger charge is -2.11. The van der Waals surface area contributed by atoms with Crippen LogP contribution >= 0.6 is 11.8 Å². The fourth-order valence-electron chi connectivity index (χ4n) is 2.58. The van der Waals surface area contributed by atoms with Gasteiger partial charge in [0.1, 0.15) is 6.07 Å². The van der Waals surface area contributed by atoms with Gasteiger partial charge in [-0.25, -0.2) is 13.2 Å². The number of nitrogens with zero attached hydrogens (tertiary/aromatic N) is 1. The maximum atomic E-state index is 13.7. The standard InChI is InChI=1S/C22H14F3N3O2S/c23-15-9-10-16(21(25)20(15)24)28-19(29)12-27-22(30)14-6-2-4-8-18(14)31-17-7-3-1-5-13(17)11-26/h1-10H,12H2,(H,27,30)(H,28,29). The van der Waals surface area contributed by atoms with Gasteiger partial charge in [0.05, 0.1) is 23.4 Å². The van der Waals surface area contributed by atoms with Gasteiger partial charge in [0, 0.05) is 9.79 Å². The van der Waals surface area contributed by atoms with Gasteiger partial charge in [-0.05, 0) is 36.4 Å². The normalized spacial score (nSPS) is 10.3. The lowest BCUT2D eigenvalue weighted by molar-refractivity contribution is -0.115. The molecule has 0 saturated carbocycles.